The second-order valence-electron chi connectivity index (χ2n) is 4.40. The molecule has 1 aromatic carbocycles. The summed E-state index contributed by atoms with van der Waals surface area (Å²) in [5.41, 5.74) is 0.441. The van der Waals surface area contributed by atoms with Crippen LogP contribution in [0.25, 0.3) is 0 Å². The van der Waals surface area contributed by atoms with Crippen LogP contribution in [0.3, 0.4) is 0 Å². The van der Waals surface area contributed by atoms with Crippen molar-refractivity contribution in [2.24, 2.45) is 0 Å². The molecule has 21 heavy (non-hydrogen) atoms. The molecule has 0 unspecified atom stereocenters. The van der Waals surface area contributed by atoms with Gasteiger partial charge in [-0.25, -0.2) is 9.48 Å². The minimum absolute atomic E-state index is 0.0665. The first kappa shape index (κ1) is 15.0. The van der Waals surface area contributed by atoms with Crippen LogP contribution in [0, 0.1) is 0 Å². The van der Waals surface area contributed by atoms with Gasteiger partial charge in [0.05, 0.1) is 25.5 Å². The predicted molar refractivity (Wildman–Crippen MR) is 74.3 cm³/mol. The van der Waals surface area contributed by atoms with Crippen LogP contribution >= 0.6 is 0 Å². The van der Waals surface area contributed by atoms with Gasteiger partial charge in [-0.2, -0.15) is 0 Å². The highest BCUT2D eigenvalue weighted by Crippen LogP contribution is 2.11. The molecule has 112 valence electrons. The second kappa shape index (κ2) is 7.39. The number of aromatic carboxylic acids is 1. The number of carboxylic acids is 1. The van der Waals surface area contributed by atoms with Crippen molar-refractivity contribution in [2.45, 2.75) is 19.4 Å². The van der Waals surface area contributed by atoms with Gasteiger partial charge in [-0.15, -0.1) is 5.10 Å². The van der Waals surface area contributed by atoms with Gasteiger partial charge in [0.2, 0.25) is 0 Å². The number of hydrogen-bond donors (Lipinski definition) is 2. The van der Waals surface area contributed by atoms with Gasteiger partial charge in [0.25, 0.3) is 0 Å². The summed E-state index contributed by atoms with van der Waals surface area (Å²) in [5, 5.41) is 25.4. The maximum absolute atomic E-state index is 11.1. The molecule has 2 N–H and O–H groups in total. The Bertz CT molecular complexity index is 583. The Morgan fingerprint density at radius 3 is 2.71 bits per heavy atom. The van der Waals surface area contributed by atoms with Crippen molar-refractivity contribution in [1.29, 1.82) is 0 Å². The normalized spacial score (nSPS) is 10.5. The van der Waals surface area contributed by atoms with Crippen molar-refractivity contribution in [3.63, 3.8) is 0 Å². The molecule has 1 heterocycles. The number of ether oxygens (including phenoxy) is 1. The third-order valence-electron chi connectivity index (χ3n) is 2.92. The minimum Gasteiger partial charge on any atom is -0.494 e. The molecule has 0 saturated carbocycles. The quantitative estimate of drug-likeness (QED) is 0.704. The molecule has 7 heteroatoms. The summed E-state index contributed by atoms with van der Waals surface area (Å²) in [5.74, 6) is -0.337. The van der Waals surface area contributed by atoms with Crippen LogP contribution in [0.4, 0.5) is 0 Å². The van der Waals surface area contributed by atoms with Gasteiger partial charge < -0.3 is 14.9 Å². The number of para-hydroxylation sites is 1. The van der Waals surface area contributed by atoms with E-state index < -0.39 is 5.97 Å². The van der Waals surface area contributed by atoms with Crippen LogP contribution < -0.4 is 4.74 Å². The fraction of sp³-hybridized carbons (Fsp3) is 0.357. The molecule has 7 nitrogen and oxygen atoms in total. The third kappa shape index (κ3) is 4.03. The molecule has 0 fully saturated rings. The van der Waals surface area contributed by atoms with E-state index in [0.717, 1.165) is 5.75 Å². The Labute approximate surface area is 121 Å². The molecule has 0 atom stereocenters. The number of nitrogens with zero attached hydrogens (tertiary/aromatic N) is 3. The average molecular weight is 291 g/mol. The Hall–Kier alpha value is -2.41. The van der Waals surface area contributed by atoms with E-state index in [1.54, 1.807) is 0 Å². The fourth-order valence-corrected chi connectivity index (χ4v) is 1.97. The maximum atomic E-state index is 11.1. The monoisotopic (exact) mass is 291 g/mol. The van der Waals surface area contributed by atoms with E-state index in [0.29, 0.717) is 25.1 Å². The molecule has 2 aromatic rings. The number of aliphatic hydroxyl groups excluding tert-OH is 1. The van der Waals surface area contributed by atoms with Crippen LogP contribution in [-0.2, 0) is 13.0 Å². The van der Waals surface area contributed by atoms with Crippen LogP contribution in [0.1, 0.15) is 22.6 Å². The predicted octanol–water partition coefficient (Wildman–Crippen LogP) is 0.980. The van der Waals surface area contributed by atoms with Crippen LogP contribution in [-0.4, -0.2) is 44.4 Å². The number of rotatable bonds is 8. The summed E-state index contributed by atoms with van der Waals surface area (Å²) in [6, 6.07) is 9.40. The number of hydrogen-bond acceptors (Lipinski definition) is 5. The van der Waals surface area contributed by atoms with Crippen LogP contribution in [0.15, 0.2) is 30.3 Å². The topological polar surface area (TPSA) is 97.5 Å². The van der Waals surface area contributed by atoms with Crippen LogP contribution in [0.2, 0.25) is 0 Å². The van der Waals surface area contributed by atoms with Crippen molar-refractivity contribution in [3.8, 4) is 5.75 Å². The van der Waals surface area contributed by atoms with Gasteiger partial charge in [0.1, 0.15) is 5.75 Å². The summed E-state index contributed by atoms with van der Waals surface area (Å²) < 4.78 is 6.98. The van der Waals surface area contributed by atoms with Crippen molar-refractivity contribution < 1.29 is 19.7 Å². The summed E-state index contributed by atoms with van der Waals surface area (Å²) in [6.07, 6.45) is 1.11. The minimum atomic E-state index is -1.11. The number of benzene rings is 1. The zero-order chi connectivity index (χ0) is 15.1. The summed E-state index contributed by atoms with van der Waals surface area (Å²) in [6.45, 7) is 0.582. The molecule has 0 amide bonds. The van der Waals surface area contributed by atoms with Gasteiger partial charge in [-0.3, -0.25) is 0 Å². The molecule has 1 aromatic heterocycles. The molecule has 0 spiro atoms. The van der Waals surface area contributed by atoms with E-state index in [2.05, 4.69) is 10.3 Å². The lowest BCUT2D eigenvalue weighted by atomic mass is 10.2. The highest BCUT2D eigenvalue weighted by atomic mass is 16.5. The van der Waals surface area contributed by atoms with Gasteiger partial charge in [-0.1, -0.05) is 23.4 Å². The van der Waals surface area contributed by atoms with E-state index in [1.807, 2.05) is 30.3 Å². The Balaban J connectivity index is 1.92. The number of carbonyl (C=O) groups is 1. The largest absolute Gasteiger partial charge is 0.494 e. The van der Waals surface area contributed by atoms with E-state index in [1.165, 1.54) is 4.68 Å². The Kier molecular flexibility index (Phi) is 5.28. The summed E-state index contributed by atoms with van der Waals surface area (Å²) >= 11 is 0. The molecule has 0 saturated heterocycles. The van der Waals surface area contributed by atoms with Gasteiger partial charge in [0, 0.05) is 0 Å². The first-order chi connectivity index (χ1) is 10.2. The third-order valence-corrected chi connectivity index (χ3v) is 2.92. The number of aromatic nitrogens is 3. The molecular weight excluding hydrogens is 274 g/mol. The lowest BCUT2D eigenvalue weighted by Gasteiger charge is -2.07. The SMILES string of the molecule is O=C(O)c1nnn(CCO)c1CCCOc1ccccc1. The lowest BCUT2D eigenvalue weighted by Crippen LogP contribution is -2.12. The Morgan fingerprint density at radius 2 is 2.05 bits per heavy atom. The van der Waals surface area contributed by atoms with E-state index >= 15 is 0 Å². The van der Waals surface area contributed by atoms with Crippen molar-refractivity contribution in [1.82, 2.24) is 15.0 Å². The van der Waals surface area contributed by atoms with E-state index in [4.69, 9.17) is 14.9 Å². The van der Waals surface area contributed by atoms with Gasteiger partial charge in [-0.05, 0) is 25.0 Å². The van der Waals surface area contributed by atoms with Gasteiger partial charge >= 0.3 is 5.97 Å². The molecule has 2 rings (SSSR count). The zero-order valence-corrected chi connectivity index (χ0v) is 11.5. The molecule has 0 radical (unpaired) electrons. The number of carboxylic acid groups (broad SMARTS) is 1. The first-order valence-corrected chi connectivity index (χ1v) is 6.66. The average Bonchev–Trinajstić information content (AvgIpc) is 2.88. The number of aliphatic hydroxyl groups is 1. The van der Waals surface area contributed by atoms with E-state index in [9.17, 15) is 4.79 Å². The molecule has 0 aliphatic heterocycles. The standard InChI is InChI=1S/C14H17N3O4/c18-9-8-17-12(13(14(19)20)15-16-17)7-4-10-21-11-5-2-1-3-6-11/h1-3,5-6,18H,4,7-10H2,(H,19,20). The molecular formula is C14H17N3O4. The maximum Gasteiger partial charge on any atom is 0.358 e. The summed E-state index contributed by atoms with van der Waals surface area (Å²) in [7, 11) is 0. The smallest absolute Gasteiger partial charge is 0.358 e. The summed E-state index contributed by atoms with van der Waals surface area (Å²) in [4.78, 5) is 11.1. The second-order valence-corrected chi connectivity index (χ2v) is 4.40. The van der Waals surface area contributed by atoms with E-state index in [-0.39, 0.29) is 18.8 Å². The molecule has 0 aliphatic rings. The zero-order valence-electron chi connectivity index (χ0n) is 11.5. The fourth-order valence-electron chi connectivity index (χ4n) is 1.97. The molecule has 0 aliphatic carbocycles. The van der Waals surface area contributed by atoms with Gasteiger partial charge in [0.15, 0.2) is 5.69 Å². The Morgan fingerprint density at radius 1 is 1.29 bits per heavy atom. The first-order valence-electron chi connectivity index (χ1n) is 6.66. The highest BCUT2D eigenvalue weighted by Gasteiger charge is 2.18. The van der Waals surface area contributed by atoms with Crippen molar-refractivity contribution in [2.75, 3.05) is 13.2 Å². The highest BCUT2D eigenvalue weighted by molar-refractivity contribution is 5.86. The van der Waals surface area contributed by atoms with Crippen molar-refractivity contribution in [3.05, 3.63) is 41.7 Å². The molecule has 0 bridgehead atoms. The lowest BCUT2D eigenvalue weighted by molar-refractivity contribution is 0.0688. The van der Waals surface area contributed by atoms with Crippen molar-refractivity contribution >= 4 is 5.97 Å². The van der Waals surface area contributed by atoms with Crippen LogP contribution in [0.5, 0.6) is 5.75 Å².